The van der Waals surface area contributed by atoms with E-state index in [-0.39, 0.29) is 17.3 Å². The predicted octanol–water partition coefficient (Wildman–Crippen LogP) is 2.53. The van der Waals surface area contributed by atoms with Crippen molar-refractivity contribution >= 4 is 27.7 Å². The van der Waals surface area contributed by atoms with Crippen molar-refractivity contribution in [1.29, 1.82) is 0 Å². The van der Waals surface area contributed by atoms with Crippen LogP contribution in [-0.2, 0) is 21.4 Å². The van der Waals surface area contributed by atoms with E-state index >= 15 is 0 Å². The second-order valence-electron chi connectivity index (χ2n) is 7.61. The van der Waals surface area contributed by atoms with Gasteiger partial charge in [-0.1, -0.05) is 12.1 Å². The lowest BCUT2D eigenvalue weighted by Crippen LogP contribution is -2.47. The molecular formula is C23H30N2O7S2. The summed E-state index contributed by atoms with van der Waals surface area (Å²) in [6, 6.07) is 8.89. The van der Waals surface area contributed by atoms with Crippen molar-refractivity contribution in [3.05, 3.63) is 42.0 Å². The topological polar surface area (TPSA) is 103 Å². The number of ether oxygens (including phenoxy) is 4. The average molecular weight is 511 g/mol. The number of hydrogen-bond acceptors (Lipinski definition) is 8. The second kappa shape index (κ2) is 11.7. The number of carbonyl (C=O) groups excluding carboxylic acids is 1. The molecule has 0 aliphatic carbocycles. The van der Waals surface area contributed by atoms with Crippen LogP contribution in [0.15, 0.2) is 41.3 Å². The smallest absolute Gasteiger partial charge is 0.241 e. The molecule has 0 aromatic heterocycles. The summed E-state index contributed by atoms with van der Waals surface area (Å²) in [7, 11) is 0.722. The van der Waals surface area contributed by atoms with Crippen molar-refractivity contribution in [2.75, 3.05) is 46.5 Å². The average Bonchev–Trinajstić information content (AvgIpc) is 2.85. The largest absolute Gasteiger partial charge is 0.493 e. The quantitative estimate of drug-likeness (QED) is 0.492. The maximum Gasteiger partial charge on any atom is 0.241 e. The van der Waals surface area contributed by atoms with E-state index in [0.717, 1.165) is 5.56 Å². The Hall–Kier alpha value is -2.63. The molecule has 1 aliphatic heterocycles. The van der Waals surface area contributed by atoms with Gasteiger partial charge in [-0.2, -0.15) is 16.5 Å². The van der Waals surface area contributed by atoms with Crippen LogP contribution in [-0.4, -0.2) is 71.8 Å². The van der Waals surface area contributed by atoms with Crippen molar-refractivity contribution in [3.63, 3.8) is 0 Å². The fourth-order valence-electron chi connectivity index (χ4n) is 3.59. The minimum Gasteiger partial charge on any atom is -0.493 e. The Balaban J connectivity index is 1.80. The van der Waals surface area contributed by atoms with Crippen LogP contribution < -0.4 is 23.7 Å². The zero-order valence-electron chi connectivity index (χ0n) is 19.7. The summed E-state index contributed by atoms with van der Waals surface area (Å²) in [5, 5.41) is 0. The number of rotatable bonds is 11. The van der Waals surface area contributed by atoms with Gasteiger partial charge in [0.25, 0.3) is 0 Å². The van der Waals surface area contributed by atoms with Crippen LogP contribution in [0.4, 0.5) is 0 Å². The number of amides is 1. The maximum atomic E-state index is 13.3. The number of nitrogens with one attached hydrogen (secondary N) is 1. The van der Waals surface area contributed by atoms with Crippen molar-refractivity contribution in [2.45, 2.75) is 23.9 Å². The van der Waals surface area contributed by atoms with Gasteiger partial charge in [-0.15, -0.1) is 0 Å². The third-order valence-corrected chi connectivity index (χ3v) is 7.41. The highest BCUT2D eigenvalue weighted by Gasteiger charge is 2.29. The highest BCUT2D eigenvalue weighted by molar-refractivity contribution is 7.98. The minimum atomic E-state index is -3.99. The van der Waals surface area contributed by atoms with Crippen LogP contribution in [0.3, 0.4) is 0 Å². The lowest BCUT2D eigenvalue weighted by molar-refractivity contribution is -0.132. The molecule has 1 N–H and O–H groups in total. The van der Waals surface area contributed by atoms with Crippen LogP contribution in [0.5, 0.6) is 23.0 Å². The number of carbonyl (C=O) groups is 1. The molecule has 0 spiro atoms. The number of sulfonamides is 1. The molecule has 1 heterocycles. The van der Waals surface area contributed by atoms with Crippen LogP contribution in [0.1, 0.15) is 12.0 Å². The van der Waals surface area contributed by atoms with E-state index in [1.165, 1.54) is 35.9 Å². The lowest BCUT2D eigenvalue weighted by Gasteiger charge is -2.26. The Kier molecular flexibility index (Phi) is 8.92. The first kappa shape index (κ1) is 26.0. The maximum absolute atomic E-state index is 13.3. The Labute approximate surface area is 204 Å². The van der Waals surface area contributed by atoms with Gasteiger partial charge in [0.05, 0.1) is 19.1 Å². The molecule has 0 bridgehead atoms. The van der Waals surface area contributed by atoms with Crippen LogP contribution in [0.25, 0.3) is 0 Å². The van der Waals surface area contributed by atoms with Crippen molar-refractivity contribution in [2.24, 2.45) is 0 Å². The van der Waals surface area contributed by atoms with Crippen molar-refractivity contribution in [3.8, 4) is 23.0 Å². The number of thioether (sulfide) groups is 1. The van der Waals surface area contributed by atoms with Crippen LogP contribution in [0.2, 0.25) is 0 Å². The van der Waals surface area contributed by atoms with Crippen molar-refractivity contribution in [1.82, 2.24) is 9.62 Å². The standard InChI is InChI=1S/C23H30N2O7S2/c1-25(15-16-6-5-7-20(29-2)22(16)30-3)23(26)18(10-13-33-4)24-34(27,28)17-8-9-19-21(14-17)32-12-11-31-19/h5-9,14,18,24H,10-13,15H2,1-4H3/t18-/m0/s1. The molecular weight excluding hydrogens is 480 g/mol. The number of methoxy groups -OCH3 is 2. The van der Waals surface area contributed by atoms with E-state index in [2.05, 4.69) is 4.72 Å². The Morgan fingerprint density at radius 2 is 1.88 bits per heavy atom. The summed E-state index contributed by atoms with van der Waals surface area (Å²) in [4.78, 5) is 14.8. The Morgan fingerprint density at radius 3 is 2.56 bits per heavy atom. The summed E-state index contributed by atoms with van der Waals surface area (Å²) in [6.45, 7) is 0.977. The lowest BCUT2D eigenvalue weighted by atomic mass is 10.1. The zero-order valence-corrected chi connectivity index (χ0v) is 21.3. The number of fused-ring (bicyclic) bond motifs is 1. The molecule has 2 aromatic rings. The van der Waals surface area contributed by atoms with Gasteiger partial charge in [-0.05, 0) is 36.6 Å². The Morgan fingerprint density at radius 1 is 1.15 bits per heavy atom. The molecule has 0 saturated heterocycles. The fourth-order valence-corrected chi connectivity index (χ4v) is 5.30. The number of hydrogen-bond donors (Lipinski definition) is 1. The molecule has 1 aliphatic rings. The fraction of sp³-hybridized carbons (Fsp3) is 0.435. The van der Waals surface area contributed by atoms with Gasteiger partial charge >= 0.3 is 0 Å². The number of benzene rings is 2. The van der Waals surface area contributed by atoms with Gasteiger partial charge in [0.1, 0.15) is 19.3 Å². The monoisotopic (exact) mass is 510 g/mol. The van der Waals surface area contributed by atoms with E-state index < -0.39 is 16.1 Å². The third kappa shape index (κ3) is 6.08. The van der Waals surface area contributed by atoms with E-state index in [1.807, 2.05) is 18.4 Å². The molecule has 0 fully saturated rings. The Bertz CT molecular complexity index is 1110. The number of para-hydroxylation sites is 1. The van der Waals surface area contributed by atoms with Crippen LogP contribution in [0, 0.1) is 0 Å². The number of likely N-dealkylation sites (N-methyl/N-ethyl adjacent to an activating group) is 1. The summed E-state index contributed by atoms with van der Waals surface area (Å²) < 4.78 is 50.6. The molecule has 3 rings (SSSR count). The normalized spacial score (nSPS) is 13.8. The first-order valence-electron chi connectivity index (χ1n) is 10.7. The van der Waals surface area contributed by atoms with Crippen molar-refractivity contribution < 1.29 is 32.2 Å². The summed E-state index contributed by atoms with van der Waals surface area (Å²) in [6.07, 6.45) is 2.24. The van der Waals surface area contributed by atoms with E-state index in [4.69, 9.17) is 18.9 Å². The molecule has 1 atom stereocenters. The molecule has 34 heavy (non-hydrogen) atoms. The van der Waals surface area contributed by atoms with Gasteiger partial charge in [0.2, 0.25) is 15.9 Å². The molecule has 1 amide bonds. The van der Waals surface area contributed by atoms with Gasteiger partial charge in [-0.3, -0.25) is 4.79 Å². The zero-order chi connectivity index (χ0) is 24.7. The minimum absolute atomic E-state index is 0.0100. The van der Waals surface area contributed by atoms with E-state index in [0.29, 0.717) is 48.4 Å². The van der Waals surface area contributed by atoms with Crippen LogP contribution >= 0.6 is 11.8 Å². The first-order valence-corrected chi connectivity index (χ1v) is 13.5. The second-order valence-corrected chi connectivity index (χ2v) is 10.3. The molecule has 0 unspecified atom stereocenters. The molecule has 2 aromatic carbocycles. The highest BCUT2D eigenvalue weighted by Crippen LogP contribution is 2.33. The van der Waals surface area contributed by atoms with E-state index in [1.54, 1.807) is 26.3 Å². The highest BCUT2D eigenvalue weighted by atomic mass is 32.2. The van der Waals surface area contributed by atoms with Gasteiger partial charge in [0, 0.05) is 25.2 Å². The molecule has 9 nitrogen and oxygen atoms in total. The van der Waals surface area contributed by atoms with Gasteiger partial charge < -0.3 is 23.8 Å². The molecule has 186 valence electrons. The third-order valence-electron chi connectivity index (χ3n) is 5.30. The SMILES string of the molecule is COc1cccc(CN(C)C(=O)[C@H](CCSC)NS(=O)(=O)c2ccc3c(c2)OCCO3)c1OC. The first-order chi connectivity index (χ1) is 16.3. The van der Waals surface area contributed by atoms with E-state index in [9.17, 15) is 13.2 Å². The molecule has 0 radical (unpaired) electrons. The molecule has 11 heteroatoms. The predicted molar refractivity (Wildman–Crippen MR) is 131 cm³/mol. The molecule has 0 saturated carbocycles. The van der Waals surface area contributed by atoms with Gasteiger partial charge in [0.15, 0.2) is 23.0 Å². The summed E-state index contributed by atoms with van der Waals surface area (Å²) >= 11 is 1.54. The van der Waals surface area contributed by atoms with Gasteiger partial charge in [-0.25, -0.2) is 8.42 Å². The summed E-state index contributed by atoms with van der Waals surface area (Å²) in [5.41, 5.74) is 0.746. The number of nitrogens with zero attached hydrogens (tertiary/aromatic N) is 1. The summed E-state index contributed by atoms with van der Waals surface area (Å²) in [5.74, 6) is 2.20.